The van der Waals surface area contributed by atoms with Gasteiger partial charge in [0.05, 0.1) is 4.92 Å². The molecule has 1 rings (SSSR count). The molecule has 0 amide bonds. The molecule has 1 aromatic rings. The first-order valence-corrected chi connectivity index (χ1v) is 6.34. The van der Waals surface area contributed by atoms with Gasteiger partial charge in [-0.15, -0.1) is 0 Å². The number of nitro groups is 1. The molecule has 0 saturated heterocycles. The van der Waals surface area contributed by atoms with Gasteiger partial charge in [-0.05, 0) is 18.9 Å². The highest BCUT2D eigenvalue weighted by molar-refractivity contribution is 5.63. The van der Waals surface area contributed by atoms with Gasteiger partial charge in [-0.3, -0.25) is 10.1 Å². The molecule has 1 aromatic carbocycles. The second-order valence-electron chi connectivity index (χ2n) is 4.45. The molecule has 1 atom stereocenters. The second-order valence-corrected chi connectivity index (χ2v) is 4.45. The van der Waals surface area contributed by atoms with E-state index in [0.29, 0.717) is 5.92 Å². The lowest BCUT2D eigenvalue weighted by Crippen LogP contribution is -2.10. The van der Waals surface area contributed by atoms with Crippen molar-refractivity contribution in [2.24, 2.45) is 5.92 Å². The quantitative estimate of drug-likeness (QED) is 0.575. The minimum atomic E-state index is -0.366. The molecule has 1 unspecified atom stereocenters. The molecule has 0 aliphatic heterocycles. The summed E-state index contributed by atoms with van der Waals surface area (Å²) in [5.41, 5.74) is 1.68. The molecule has 0 radical (unpaired) electrons. The van der Waals surface area contributed by atoms with Gasteiger partial charge in [-0.2, -0.15) is 0 Å². The van der Waals surface area contributed by atoms with Crippen LogP contribution in [0.15, 0.2) is 18.2 Å². The molecule has 0 aromatic heterocycles. The molecule has 18 heavy (non-hydrogen) atoms. The highest BCUT2D eigenvalue weighted by atomic mass is 16.6. The fourth-order valence-corrected chi connectivity index (χ4v) is 1.56. The molecule has 5 nitrogen and oxygen atoms in total. The van der Waals surface area contributed by atoms with Crippen LogP contribution in [-0.4, -0.2) is 18.0 Å². The van der Waals surface area contributed by atoms with Crippen LogP contribution in [0.1, 0.15) is 27.2 Å². The Morgan fingerprint density at radius 1 is 1.22 bits per heavy atom. The lowest BCUT2D eigenvalue weighted by Gasteiger charge is -2.12. The zero-order valence-electron chi connectivity index (χ0n) is 11.2. The maximum atomic E-state index is 10.9. The van der Waals surface area contributed by atoms with E-state index in [1.807, 2.05) is 13.0 Å². The van der Waals surface area contributed by atoms with Crippen molar-refractivity contribution < 1.29 is 4.92 Å². The van der Waals surface area contributed by atoms with Crippen molar-refractivity contribution in [2.45, 2.75) is 27.2 Å². The number of anilines is 2. The summed E-state index contributed by atoms with van der Waals surface area (Å²) in [6.45, 7) is 7.81. The summed E-state index contributed by atoms with van der Waals surface area (Å²) in [5, 5.41) is 17.2. The topological polar surface area (TPSA) is 67.2 Å². The molecular formula is C13H21N3O2. The Bertz CT molecular complexity index is 407. The summed E-state index contributed by atoms with van der Waals surface area (Å²) in [6.07, 6.45) is 1.09. The Balaban J connectivity index is 2.85. The third-order valence-corrected chi connectivity index (χ3v) is 2.86. The van der Waals surface area contributed by atoms with Crippen molar-refractivity contribution in [2.75, 3.05) is 23.7 Å². The predicted octanol–water partition coefficient (Wildman–Crippen LogP) is 3.48. The molecular weight excluding hydrogens is 230 g/mol. The normalized spacial score (nSPS) is 11.9. The van der Waals surface area contributed by atoms with Crippen LogP contribution in [0.2, 0.25) is 0 Å². The van der Waals surface area contributed by atoms with Crippen LogP contribution in [0.4, 0.5) is 17.1 Å². The summed E-state index contributed by atoms with van der Waals surface area (Å²) in [7, 11) is 0. The Morgan fingerprint density at radius 3 is 2.33 bits per heavy atom. The van der Waals surface area contributed by atoms with Gasteiger partial charge < -0.3 is 10.6 Å². The van der Waals surface area contributed by atoms with Crippen molar-refractivity contribution in [3.8, 4) is 0 Å². The average molecular weight is 251 g/mol. The van der Waals surface area contributed by atoms with Crippen LogP contribution in [0, 0.1) is 16.0 Å². The second kappa shape index (κ2) is 6.83. The van der Waals surface area contributed by atoms with E-state index in [1.54, 1.807) is 12.1 Å². The van der Waals surface area contributed by atoms with Gasteiger partial charge in [0, 0.05) is 36.6 Å². The molecule has 0 heterocycles. The molecule has 5 heteroatoms. The van der Waals surface area contributed by atoms with E-state index in [4.69, 9.17) is 0 Å². The van der Waals surface area contributed by atoms with Crippen LogP contribution in [0.5, 0.6) is 0 Å². The van der Waals surface area contributed by atoms with Gasteiger partial charge in [0.15, 0.2) is 0 Å². The minimum Gasteiger partial charge on any atom is -0.385 e. The van der Waals surface area contributed by atoms with Crippen molar-refractivity contribution in [3.05, 3.63) is 28.3 Å². The van der Waals surface area contributed by atoms with Crippen molar-refractivity contribution >= 4 is 17.1 Å². The number of non-ortho nitro benzene ring substituents is 1. The fourth-order valence-electron chi connectivity index (χ4n) is 1.56. The van der Waals surface area contributed by atoms with E-state index in [1.165, 1.54) is 0 Å². The number of nitrogens with one attached hydrogen (secondary N) is 2. The third kappa shape index (κ3) is 4.24. The third-order valence-electron chi connectivity index (χ3n) is 2.86. The van der Waals surface area contributed by atoms with Crippen molar-refractivity contribution in [1.82, 2.24) is 0 Å². The van der Waals surface area contributed by atoms with E-state index in [2.05, 4.69) is 24.5 Å². The van der Waals surface area contributed by atoms with Gasteiger partial charge in [0.25, 0.3) is 5.69 Å². The first-order chi connectivity index (χ1) is 8.56. The van der Waals surface area contributed by atoms with Gasteiger partial charge in [-0.1, -0.05) is 20.3 Å². The van der Waals surface area contributed by atoms with Crippen LogP contribution < -0.4 is 10.6 Å². The maximum Gasteiger partial charge on any atom is 0.273 e. The predicted molar refractivity (Wildman–Crippen MR) is 75.2 cm³/mol. The Morgan fingerprint density at radius 2 is 1.83 bits per heavy atom. The van der Waals surface area contributed by atoms with Gasteiger partial charge in [-0.25, -0.2) is 0 Å². The molecule has 0 spiro atoms. The first-order valence-electron chi connectivity index (χ1n) is 6.34. The first kappa shape index (κ1) is 14.3. The molecule has 0 aliphatic rings. The number of benzene rings is 1. The van der Waals surface area contributed by atoms with Gasteiger partial charge in [0.2, 0.25) is 0 Å². The number of nitrogens with zero attached hydrogens (tertiary/aromatic N) is 1. The maximum absolute atomic E-state index is 10.9. The summed E-state index contributed by atoms with van der Waals surface area (Å²) >= 11 is 0. The largest absolute Gasteiger partial charge is 0.385 e. The monoisotopic (exact) mass is 251 g/mol. The van der Waals surface area contributed by atoms with Crippen LogP contribution in [0.25, 0.3) is 0 Å². The number of rotatable bonds is 7. The zero-order chi connectivity index (χ0) is 13.5. The Labute approximate surface area is 108 Å². The molecule has 2 N–H and O–H groups in total. The van der Waals surface area contributed by atoms with Gasteiger partial charge >= 0.3 is 0 Å². The van der Waals surface area contributed by atoms with Crippen molar-refractivity contribution in [1.29, 1.82) is 0 Å². The van der Waals surface area contributed by atoms with E-state index in [-0.39, 0.29) is 10.6 Å². The van der Waals surface area contributed by atoms with E-state index in [9.17, 15) is 10.1 Å². The lowest BCUT2D eigenvalue weighted by atomic mass is 10.1. The molecule has 100 valence electrons. The summed E-state index contributed by atoms with van der Waals surface area (Å²) in [5.74, 6) is 0.548. The number of hydrogen-bond acceptors (Lipinski definition) is 4. The zero-order valence-corrected chi connectivity index (χ0v) is 11.2. The fraction of sp³-hybridized carbons (Fsp3) is 0.538. The van der Waals surface area contributed by atoms with Crippen LogP contribution in [-0.2, 0) is 0 Å². The lowest BCUT2D eigenvalue weighted by molar-refractivity contribution is -0.384. The highest BCUT2D eigenvalue weighted by Gasteiger charge is 2.09. The summed E-state index contributed by atoms with van der Waals surface area (Å²) < 4.78 is 0. The molecule has 0 saturated carbocycles. The van der Waals surface area contributed by atoms with E-state index in [0.717, 1.165) is 30.9 Å². The minimum absolute atomic E-state index is 0.111. The summed E-state index contributed by atoms with van der Waals surface area (Å²) in [4.78, 5) is 10.5. The molecule has 0 fully saturated rings. The Kier molecular flexibility index (Phi) is 5.42. The van der Waals surface area contributed by atoms with Crippen LogP contribution in [0.3, 0.4) is 0 Å². The van der Waals surface area contributed by atoms with E-state index >= 15 is 0 Å². The number of nitro benzene ring substituents is 1. The molecule has 0 bridgehead atoms. The van der Waals surface area contributed by atoms with Gasteiger partial charge in [0.1, 0.15) is 0 Å². The SMILES string of the molecule is CCNc1cc(NCC(C)CC)cc([N+](=O)[O-])c1. The van der Waals surface area contributed by atoms with E-state index < -0.39 is 0 Å². The number of hydrogen-bond donors (Lipinski definition) is 2. The average Bonchev–Trinajstić information content (AvgIpc) is 2.36. The highest BCUT2D eigenvalue weighted by Crippen LogP contribution is 2.24. The summed E-state index contributed by atoms with van der Waals surface area (Å²) in [6, 6.07) is 5.03. The van der Waals surface area contributed by atoms with Crippen LogP contribution >= 0.6 is 0 Å². The standard InChI is InChI=1S/C13H21N3O2/c1-4-10(3)9-15-12-6-11(14-5-2)7-13(8-12)16(17)18/h6-8,10,14-15H,4-5,9H2,1-3H3. The molecule has 0 aliphatic carbocycles. The Hall–Kier alpha value is -1.78. The van der Waals surface area contributed by atoms with Crippen molar-refractivity contribution in [3.63, 3.8) is 0 Å². The smallest absolute Gasteiger partial charge is 0.273 e.